The van der Waals surface area contributed by atoms with Crippen molar-refractivity contribution in [3.63, 3.8) is 0 Å². The summed E-state index contributed by atoms with van der Waals surface area (Å²) < 4.78 is 17.6. The molecule has 3 N–H and O–H groups in total. The van der Waals surface area contributed by atoms with Crippen LogP contribution in [-0.4, -0.2) is 16.8 Å². The number of fused-ring (bicyclic) bond motifs is 1. The normalized spacial score (nSPS) is 14.9. The SMILES string of the molecule is CCCc1[nH]nc2c1[C@@H](c1ccc(OCc3ccc(Cl)cc3)c(OCC)c1)C(C#N)=C(N)O2. The lowest BCUT2D eigenvalue weighted by Gasteiger charge is -2.25. The van der Waals surface area contributed by atoms with Crippen molar-refractivity contribution in [3.05, 3.63) is 81.3 Å². The molecule has 3 aromatic rings. The van der Waals surface area contributed by atoms with E-state index in [2.05, 4.69) is 23.2 Å². The molecule has 0 amide bonds. The number of aromatic nitrogens is 2. The molecule has 33 heavy (non-hydrogen) atoms. The zero-order chi connectivity index (χ0) is 23.4. The standard InChI is InChI=1S/C25H25ClN4O3/c1-3-5-19-23-22(18(13-27)24(28)33-25(23)30-29-19)16-8-11-20(21(12-16)31-4-2)32-14-15-6-9-17(26)10-7-15/h6-12,22H,3-5,14,28H2,1-2H3,(H,29,30)/t22-/m0/s1. The molecule has 0 bridgehead atoms. The summed E-state index contributed by atoms with van der Waals surface area (Å²) in [7, 11) is 0. The van der Waals surface area contributed by atoms with Crippen molar-refractivity contribution < 1.29 is 14.2 Å². The number of halogens is 1. The van der Waals surface area contributed by atoms with E-state index in [4.69, 9.17) is 31.5 Å². The Labute approximate surface area is 197 Å². The zero-order valence-corrected chi connectivity index (χ0v) is 19.3. The Morgan fingerprint density at radius 2 is 1.94 bits per heavy atom. The molecular formula is C25H25ClN4O3. The van der Waals surface area contributed by atoms with E-state index in [9.17, 15) is 5.26 Å². The molecule has 7 nitrogen and oxygen atoms in total. The summed E-state index contributed by atoms with van der Waals surface area (Å²) in [5, 5.41) is 17.9. The van der Waals surface area contributed by atoms with E-state index >= 15 is 0 Å². The lowest BCUT2D eigenvalue weighted by molar-refractivity contribution is 0.269. The minimum atomic E-state index is -0.413. The number of H-pyrrole nitrogens is 1. The van der Waals surface area contributed by atoms with Gasteiger partial charge in [0.25, 0.3) is 0 Å². The largest absolute Gasteiger partial charge is 0.490 e. The molecule has 2 aromatic carbocycles. The molecule has 170 valence electrons. The highest BCUT2D eigenvalue weighted by Gasteiger charge is 2.35. The third kappa shape index (κ3) is 4.62. The lowest BCUT2D eigenvalue weighted by Crippen LogP contribution is -2.21. The van der Waals surface area contributed by atoms with Crippen molar-refractivity contribution >= 4 is 11.6 Å². The molecule has 0 spiro atoms. The Bertz CT molecular complexity index is 1210. The highest BCUT2D eigenvalue weighted by Crippen LogP contribution is 2.45. The summed E-state index contributed by atoms with van der Waals surface area (Å²) in [4.78, 5) is 0. The lowest BCUT2D eigenvalue weighted by atomic mass is 9.83. The number of nitrogens with two attached hydrogens (primary N) is 1. The van der Waals surface area contributed by atoms with Crippen LogP contribution in [0.5, 0.6) is 17.4 Å². The number of benzene rings is 2. The average molecular weight is 465 g/mol. The van der Waals surface area contributed by atoms with Crippen LogP contribution in [0, 0.1) is 11.3 Å². The van der Waals surface area contributed by atoms with Crippen LogP contribution in [0.3, 0.4) is 0 Å². The predicted octanol–water partition coefficient (Wildman–Crippen LogP) is 5.21. The van der Waals surface area contributed by atoms with Crippen LogP contribution in [0.25, 0.3) is 0 Å². The van der Waals surface area contributed by atoms with Gasteiger partial charge in [-0.1, -0.05) is 43.1 Å². The first-order valence-corrected chi connectivity index (χ1v) is 11.2. The molecule has 0 aliphatic carbocycles. The molecule has 1 aromatic heterocycles. The molecule has 1 aliphatic rings. The van der Waals surface area contributed by atoms with Gasteiger partial charge in [0.2, 0.25) is 11.8 Å². The number of nitriles is 1. The molecule has 8 heteroatoms. The van der Waals surface area contributed by atoms with E-state index in [1.807, 2.05) is 49.4 Å². The van der Waals surface area contributed by atoms with Gasteiger partial charge >= 0.3 is 0 Å². The first kappa shape index (κ1) is 22.6. The number of hydrogen-bond donors (Lipinski definition) is 2. The summed E-state index contributed by atoms with van der Waals surface area (Å²) in [6.45, 7) is 4.84. The fourth-order valence-corrected chi connectivity index (χ4v) is 4.04. The van der Waals surface area contributed by atoms with E-state index in [0.717, 1.165) is 35.2 Å². The van der Waals surface area contributed by atoms with Crippen molar-refractivity contribution in [1.29, 1.82) is 5.26 Å². The second-order valence-electron chi connectivity index (χ2n) is 7.65. The summed E-state index contributed by atoms with van der Waals surface area (Å²) in [5.74, 6) is 1.25. The van der Waals surface area contributed by atoms with Gasteiger partial charge in [-0.15, -0.1) is 5.10 Å². The topological polar surface area (TPSA) is 106 Å². The maximum atomic E-state index is 9.87. The van der Waals surface area contributed by atoms with Crippen LogP contribution in [0.4, 0.5) is 0 Å². The van der Waals surface area contributed by atoms with E-state index in [1.54, 1.807) is 0 Å². The van der Waals surface area contributed by atoms with Crippen molar-refractivity contribution in [2.75, 3.05) is 6.61 Å². The highest BCUT2D eigenvalue weighted by molar-refractivity contribution is 6.30. The summed E-state index contributed by atoms with van der Waals surface area (Å²) in [6.07, 6.45) is 1.70. The van der Waals surface area contributed by atoms with Gasteiger partial charge in [-0.2, -0.15) is 5.26 Å². The monoisotopic (exact) mass is 464 g/mol. The first-order chi connectivity index (χ1) is 16.0. The quantitative estimate of drug-likeness (QED) is 0.473. The van der Waals surface area contributed by atoms with E-state index < -0.39 is 5.92 Å². The van der Waals surface area contributed by atoms with Gasteiger partial charge in [0.05, 0.1) is 12.5 Å². The van der Waals surface area contributed by atoms with Crippen molar-refractivity contribution in [1.82, 2.24) is 10.2 Å². The number of aromatic amines is 1. The van der Waals surface area contributed by atoms with E-state index in [-0.39, 0.29) is 5.88 Å². The molecule has 0 radical (unpaired) electrons. The van der Waals surface area contributed by atoms with E-state index in [1.165, 1.54) is 0 Å². The van der Waals surface area contributed by atoms with Crippen LogP contribution < -0.4 is 19.9 Å². The minimum absolute atomic E-state index is 0.0607. The predicted molar refractivity (Wildman–Crippen MR) is 125 cm³/mol. The number of aryl methyl sites for hydroxylation is 1. The molecule has 2 heterocycles. The molecule has 4 rings (SSSR count). The van der Waals surface area contributed by atoms with Crippen LogP contribution in [0.1, 0.15) is 48.6 Å². The van der Waals surface area contributed by atoms with Gasteiger partial charge in [0, 0.05) is 16.3 Å². The fourth-order valence-electron chi connectivity index (χ4n) is 3.92. The maximum Gasteiger partial charge on any atom is 0.244 e. The Hall–Kier alpha value is -3.63. The molecule has 1 aliphatic heterocycles. The smallest absolute Gasteiger partial charge is 0.244 e. The van der Waals surface area contributed by atoms with Gasteiger partial charge in [-0.05, 0) is 48.7 Å². The second-order valence-corrected chi connectivity index (χ2v) is 8.09. The molecule has 0 saturated carbocycles. The van der Waals surface area contributed by atoms with Gasteiger partial charge in [-0.25, -0.2) is 0 Å². The van der Waals surface area contributed by atoms with Crippen LogP contribution >= 0.6 is 11.6 Å². The third-order valence-corrected chi connectivity index (χ3v) is 5.68. The number of ether oxygens (including phenoxy) is 3. The summed E-state index contributed by atoms with van der Waals surface area (Å²) >= 11 is 5.97. The number of nitrogens with one attached hydrogen (secondary N) is 1. The van der Waals surface area contributed by atoms with Crippen LogP contribution in [0.2, 0.25) is 5.02 Å². The highest BCUT2D eigenvalue weighted by atomic mass is 35.5. The second kappa shape index (κ2) is 9.88. The Morgan fingerprint density at radius 3 is 2.64 bits per heavy atom. The Kier molecular flexibility index (Phi) is 6.76. The first-order valence-electron chi connectivity index (χ1n) is 10.8. The average Bonchev–Trinajstić information content (AvgIpc) is 3.20. The summed E-state index contributed by atoms with van der Waals surface area (Å²) in [5.41, 5.74) is 10.0. The Morgan fingerprint density at radius 1 is 1.15 bits per heavy atom. The molecule has 0 fully saturated rings. The van der Waals surface area contributed by atoms with Gasteiger partial charge in [0.15, 0.2) is 11.5 Å². The number of hydrogen-bond acceptors (Lipinski definition) is 6. The third-order valence-electron chi connectivity index (χ3n) is 5.43. The molecule has 1 atom stereocenters. The molecule has 0 saturated heterocycles. The number of allylic oxidation sites excluding steroid dienone is 1. The maximum absolute atomic E-state index is 9.87. The van der Waals surface area contributed by atoms with E-state index in [0.29, 0.717) is 41.2 Å². The fraction of sp³-hybridized carbons (Fsp3) is 0.280. The molecular weight excluding hydrogens is 440 g/mol. The zero-order valence-electron chi connectivity index (χ0n) is 18.5. The van der Waals surface area contributed by atoms with Crippen molar-refractivity contribution in [3.8, 4) is 23.4 Å². The number of rotatable bonds is 8. The van der Waals surface area contributed by atoms with Gasteiger partial charge in [0.1, 0.15) is 18.2 Å². The van der Waals surface area contributed by atoms with Gasteiger partial charge < -0.3 is 19.9 Å². The van der Waals surface area contributed by atoms with Gasteiger partial charge in [-0.3, -0.25) is 5.10 Å². The summed E-state index contributed by atoms with van der Waals surface area (Å²) in [6, 6.07) is 15.4. The Balaban J connectivity index is 1.71. The number of nitrogens with zero attached hydrogens (tertiary/aromatic N) is 2. The van der Waals surface area contributed by atoms with Crippen molar-refractivity contribution in [2.24, 2.45) is 5.73 Å². The van der Waals surface area contributed by atoms with Crippen molar-refractivity contribution in [2.45, 2.75) is 39.2 Å². The minimum Gasteiger partial charge on any atom is -0.490 e. The van der Waals surface area contributed by atoms with Crippen LogP contribution in [0.15, 0.2) is 53.9 Å². The molecule has 0 unspecified atom stereocenters. The van der Waals surface area contributed by atoms with Crippen LogP contribution in [-0.2, 0) is 13.0 Å².